The van der Waals surface area contributed by atoms with Crippen LogP contribution in [0.15, 0.2) is 40.7 Å². The maximum atomic E-state index is 13.7. The highest BCUT2D eigenvalue weighted by atomic mass is 16.6. The lowest BCUT2D eigenvalue weighted by Crippen LogP contribution is -2.43. The number of ether oxygens (including phenoxy) is 4. The molecule has 9 heteroatoms. The Morgan fingerprint density at radius 3 is 2.59 bits per heavy atom. The summed E-state index contributed by atoms with van der Waals surface area (Å²) in [4.78, 5) is 39.4. The fourth-order valence-corrected chi connectivity index (χ4v) is 4.57. The molecule has 0 saturated carbocycles. The molecule has 0 bridgehead atoms. The molecule has 34 heavy (non-hydrogen) atoms. The Kier molecular flexibility index (Phi) is 7.98. The van der Waals surface area contributed by atoms with E-state index in [0.717, 1.165) is 0 Å². The number of hydrogen-bond acceptors (Lipinski definition) is 9. The quantitative estimate of drug-likeness (QED) is 0.333. The summed E-state index contributed by atoms with van der Waals surface area (Å²) in [5.41, 5.74) is 2.30. The van der Waals surface area contributed by atoms with E-state index in [-0.39, 0.29) is 36.2 Å². The largest absolute Gasteiger partial charge is 0.504 e. The van der Waals surface area contributed by atoms with Crippen molar-refractivity contribution in [3.63, 3.8) is 0 Å². The molecular formula is C25H31NO8. The molecule has 0 fully saturated rings. The first-order chi connectivity index (χ1) is 16.2. The Balaban J connectivity index is 2.12. The molecule has 1 aromatic carbocycles. The van der Waals surface area contributed by atoms with Crippen molar-refractivity contribution in [3.8, 4) is 11.5 Å². The first kappa shape index (κ1) is 25.3. The molecule has 1 aromatic rings. The molecule has 2 N–H and O–H groups in total. The van der Waals surface area contributed by atoms with Gasteiger partial charge in [0.1, 0.15) is 12.5 Å². The van der Waals surface area contributed by atoms with E-state index in [0.29, 0.717) is 35.6 Å². The second-order valence-electron chi connectivity index (χ2n) is 8.30. The molecular weight excluding hydrogens is 442 g/mol. The number of hydrogen-bond donors (Lipinski definition) is 2. The van der Waals surface area contributed by atoms with Crippen molar-refractivity contribution < 1.29 is 38.4 Å². The molecule has 0 saturated heterocycles. The van der Waals surface area contributed by atoms with Crippen LogP contribution in [0.25, 0.3) is 0 Å². The van der Waals surface area contributed by atoms with Crippen LogP contribution in [0.2, 0.25) is 0 Å². The SMILES string of the molecule is CCOCCOC(=O)C1=C(C)NC2=C(C(=O)[C@H](C(=O)OC)[C@H](C)C2)[C@@H]1c1ccc(O)c(OC)c1. The number of benzene rings is 1. The lowest BCUT2D eigenvalue weighted by molar-refractivity contribution is -0.151. The van der Waals surface area contributed by atoms with Crippen LogP contribution in [0.1, 0.15) is 38.7 Å². The molecule has 3 rings (SSSR count). The molecule has 2 aliphatic rings. The van der Waals surface area contributed by atoms with Gasteiger partial charge in [0.25, 0.3) is 0 Å². The van der Waals surface area contributed by atoms with Gasteiger partial charge in [-0.25, -0.2) is 4.79 Å². The number of carbonyl (C=O) groups is 3. The van der Waals surface area contributed by atoms with Gasteiger partial charge in [0.2, 0.25) is 0 Å². The number of Topliss-reactive ketones (excluding diaryl/α,β-unsaturated/α-hetero) is 1. The van der Waals surface area contributed by atoms with Crippen LogP contribution in [0.4, 0.5) is 0 Å². The standard InChI is InChI=1S/C25H31NO8/c1-6-33-9-10-34-25(30)20-14(3)26-16-11-13(2)19(24(29)32-5)23(28)22(16)21(20)15-7-8-17(27)18(12-15)31-4/h7-8,12-13,19,21,26-27H,6,9-11H2,1-5H3/t13-,19-,21-/m1/s1. The van der Waals surface area contributed by atoms with Crippen LogP contribution < -0.4 is 10.1 Å². The third-order valence-electron chi connectivity index (χ3n) is 6.17. The van der Waals surface area contributed by atoms with Crippen molar-refractivity contribution in [3.05, 3.63) is 46.3 Å². The first-order valence-corrected chi connectivity index (χ1v) is 11.2. The molecule has 184 valence electrons. The van der Waals surface area contributed by atoms with Crippen LogP contribution in [-0.2, 0) is 28.6 Å². The van der Waals surface area contributed by atoms with Crippen LogP contribution >= 0.6 is 0 Å². The minimum atomic E-state index is -0.985. The van der Waals surface area contributed by atoms with Gasteiger partial charge in [-0.2, -0.15) is 0 Å². The van der Waals surface area contributed by atoms with Crippen molar-refractivity contribution in [2.75, 3.05) is 34.0 Å². The smallest absolute Gasteiger partial charge is 0.336 e. The number of methoxy groups -OCH3 is 2. The van der Waals surface area contributed by atoms with Gasteiger partial charge >= 0.3 is 11.9 Å². The number of phenols is 1. The number of rotatable bonds is 8. The molecule has 0 amide bonds. The summed E-state index contributed by atoms with van der Waals surface area (Å²) in [6, 6.07) is 4.64. The lowest BCUT2D eigenvalue weighted by atomic mass is 9.69. The summed E-state index contributed by atoms with van der Waals surface area (Å²) in [6.07, 6.45) is 0.427. The zero-order valence-electron chi connectivity index (χ0n) is 20.1. The van der Waals surface area contributed by atoms with Gasteiger partial charge in [-0.3, -0.25) is 9.59 Å². The van der Waals surface area contributed by atoms with Crippen LogP contribution in [0.5, 0.6) is 11.5 Å². The van der Waals surface area contributed by atoms with E-state index in [2.05, 4.69) is 5.32 Å². The summed E-state index contributed by atoms with van der Waals surface area (Å²) in [5.74, 6) is -3.59. The normalized spacial score (nSPS) is 22.1. The second kappa shape index (κ2) is 10.7. The number of esters is 2. The van der Waals surface area contributed by atoms with Crippen LogP contribution in [0, 0.1) is 11.8 Å². The van der Waals surface area contributed by atoms with Crippen molar-refractivity contribution >= 4 is 17.7 Å². The monoisotopic (exact) mass is 473 g/mol. The average molecular weight is 474 g/mol. The van der Waals surface area contributed by atoms with E-state index in [4.69, 9.17) is 18.9 Å². The van der Waals surface area contributed by atoms with E-state index >= 15 is 0 Å². The van der Waals surface area contributed by atoms with Crippen molar-refractivity contribution in [2.24, 2.45) is 11.8 Å². The predicted molar refractivity (Wildman–Crippen MR) is 122 cm³/mol. The second-order valence-corrected chi connectivity index (χ2v) is 8.30. The van der Waals surface area contributed by atoms with Gasteiger partial charge in [0.05, 0.1) is 26.4 Å². The maximum absolute atomic E-state index is 13.7. The Morgan fingerprint density at radius 1 is 1.21 bits per heavy atom. The number of phenolic OH excluding ortho intramolecular Hbond substituents is 1. The van der Waals surface area contributed by atoms with Crippen molar-refractivity contribution in [1.29, 1.82) is 0 Å². The van der Waals surface area contributed by atoms with Gasteiger partial charge < -0.3 is 29.4 Å². The molecule has 9 nitrogen and oxygen atoms in total. The van der Waals surface area contributed by atoms with Crippen molar-refractivity contribution in [2.45, 2.75) is 33.1 Å². The van der Waals surface area contributed by atoms with E-state index in [9.17, 15) is 19.5 Å². The van der Waals surface area contributed by atoms with Gasteiger partial charge in [0.15, 0.2) is 17.3 Å². The summed E-state index contributed by atoms with van der Waals surface area (Å²) in [7, 11) is 2.66. The molecule has 3 atom stereocenters. The van der Waals surface area contributed by atoms with Gasteiger partial charge in [0, 0.05) is 29.5 Å². The topological polar surface area (TPSA) is 120 Å². The van der Waals surface area contributed by atoms with Gasteiger partial charge in [-0.1, -0.05) is 13.0 Å². The molecule has 1 aliphatic heterocycles. The van der Waals surface area contributed by atoms with Gasteiger partial charge in [-0.15, -0.1) is 0 Å². The maximum Gasteiger partial charge on any atom is 0.336 e. The summed E-state index contributed by atoms with van der Waals surface area (Å²) in [5, 5.41) is 13.3. The number of aromatic hydroxyl groups is 1. The third-order valence-corrected chi connectivity index (χ3v) is 6.17. The highest BCUT2D eigenvalue weighted by Gasteiger charge is 2.47. The highest BCUT2D eigenvalue weighted by molar-refractivity contribution is 6.12. The minimum absolute atomic E-state index is 0.0523. The van der Waals surface area contributed by atoms with E-state index < -0.39 is 29.6 Å². The number of ketones is 1. The lowest BCUT2D eigenvalue weighted by Gasteiger charge is -2.38. The number of carbonyl (C=O) groups excluding carboxylic acids is 3. The molecule has 1 aliphatic carbocycles. The predicted octanol–water partition coefficient (Wildman–Crippen LogP) is 2.59. The zero-order chi connectivity index (χ0) is 25.0. The molecule has 1 heterocycles. The van der Waals surface area contributed by atoms with E-state index in [1.807, 2.05) is 13.8 Å². The Morgan fingerprint density at radius 2 is 1.94 bits per heavy atom. The Hall–Kier alpha value is -3.33. The average Bonchev–Trinajstić information content (AvgIpc) is 2.81. The molecule has 0 spiro atoms. The van der Waals surface area contributed by atoms with Crippen molar-refractivity contribution in [1.82, 2.24) is 5.32 Å². The highest BCUT2D eigenvalue weighted by Crippen LogP contribution is 2.46. The summed E-state index contributed by atoms with van der Waals surface area (Å²) < 4.78 is 20.9. The Bertz CT molecular complexity index is 1040. The molecule has 0 aromatic heterocycles. The zero-order valence-corrected chi connectivity index (χ0v) is 20.1. The minimum Gasteiger partial charge on any atom is -0.504 e. The fraction of sp³-hybridized carbons (Fsp3) is 0.480. The van der Waals surface area contributed by atoms with Crippen LogP contribution in [0.3, 0.4) is 0 Å². The van der Waals surface area contributed by atoms with E-state index in [1.54, 1.807) is 19.1 Å². The Labute approximate surface area is 198 Å². The van der Waals surface area contributed by atoms with Gasteiger partial charge in [-0.05, 0) is 43.9 Å². The summed E-state index contributed by atoms with van der Waals surface area (Å²) >= 11 is 0. The first-order valence-electron chi connectivity index (χ1n) is 11.2. The van der Waals surface area contributed by atoms with E-state index in [1.165, 1.54) is 20.3 Å². The fourth-order valence-electron chi connectivity index (χ4n) is 4.57. The third kappa shape index (κ3) is 4.79. The number of allylic oxidation sites excluding steroid dienone is 3. The van der Waals surface area contributed by atoms with Crippen LogP contribution in [-0.4, -0.2) is 56.9 Å². The number of dihydropyridines is 1. The summed E-state index contributed by atoms with van der Waals surface area (Å²) in [6.45, 7) is 6.20. The molecule has 0 unspecified atom stereocenters. The number of nitrogens with one attached hydrogen (secondary N) is 1. The molecule has 0 radical (unpaired) electrons.